The van der Waals surface area contributed by atoms with Gasteiger partial charge in [-0.2, -0.15) is 0 Å². The van der Waals surface area contributed by atoms with Gasteiger partial charge >= 0.3 is 0 Å². The van der Waals surface area contributed by atoms with E-state index in [9.17, 15) is 4.79 Å². The van der Waals surface area contributed by atoms with Crippen LogP contribution < -0.4 is 0 Å². The lowest BCUT2D eigenvalue weighted by Crippen LogP contribution is -1.84. The molecule has 0 atom stereocenters. The van der Waals surface area contributed by atoms with E-state index in [0.29, 0.717) is 21.5 Å². The Morgan fingerprint density at radius 3 is 2.90 bits per heavy atom. The first-order chi connectivity index (χ1) is 4.74. The maximum absolute atomic E-state index is 10.1. The van der Waals surface area contributed by atoms with E-state index in [-0.39, 0.29) is 0 Å². The molecule has 0 aliphatic rings. The third kappa shape index (κ3) is 1.55. The fourth-order valence-electron chi connectivity index (χ4n) is 0.493. The highest BCUT2D eigenvalue weighted by Crippen LogP contribution is 2.20. The number of rotatable bonds is 1. The fourth-order valence-corrected chi connectivity index (χ4v) is 0.934. The fraction of sp³-hybridized carbons (Fsp3) is 0. The molecule has 52 valence electrons. The maximum atomic E-state index is 10.1. The summed E-state index contributed by atoms with van der Waals surface area (Å²) in [6, 6.07) is 1.56. The summed E-state index contributed by atoms with van der Waals surface area (Å²) in [5, 5.41) is 0.505. The summed E-state index contributed by atoms with van der Waals surface area (Å²) in [6.45, 7) is 0. The highest BCUT2D eigenvalue weighted by molar-refractivity contribution is 9.10. The van der Waals surface area contributed by atoms with Crippen molar-refractivity contribution in [2.45, 2.75) is 0 Å². The molecule has 0 aromatic carbocycles. The summed E-state index contributed by atoms with van der Waals surface area (Å²) in [5.74, 6) is 0. The zero-order valence-corrected chi connectivity index (χ0v) is 7.19. The van der Waals surface area contributed by atoms with Gasteiger partial charge in [-0.1, -0.05) is 11.6 Å². The van der Waals surface area contributed by atoms with Crippen LogP contribution in [0.1, 0.15) is 10.5 Å². The number of aldehydes is 1. The SMILES string of the molecule is O=Cc1cc(Br)c(Cl)cn1. The second kappa shape index (κ2) is 3.12. The van der Waals surface area contributed by atoms with Gasteiger partial charge < -0.3 is 0 Å². The van der Waals surface area contributed by atoms with E-state index in [1.165, 1.54) is 6.20 Å². The molecule has 1 aromatic heterocycles. The smallest absolute Gasteiger partial charge is 0.168 e. The molecule has 1 aromatic rings. The molecule has 0 bridgehead atoms. The molecule has 0 aliphatic carbocycles. The van der Waals surface area contributed by atoms with Crippen LogP contribution in [0, 0.1) is 0 Å². The van der Waals surface area contributed by atoms with Gasteiger partial charge in [-0.15, -0.1) is 0 Å². The van der Waals surface area contributed by atoms with E-state index in [1.54, 1.807) is 6.07 Å². The Hall–Kier alpha value is -0.410. The van der Waals surface area contributed by atoms with Crippen LogP contribution in [-0.2, 0) is 0 Å². The molecule has 2 nitrogen and oxygen atoms in total. The molecule has 0 radical (unpaired) electrons. The van der Waals surface area contributed by atoms with Crippen LogP contribution in [0.15, 0.2) is 16.7 Å². The van der Waals surface area contributed by atoms with Gasteiger partial charge in [0.15, 0.2) is 6.29 Å². The van der Waals surface area contributed by atoms with E-state index in [0.717, 1.165) is 0 Å². The van der Waals surface area contributed by atoms with E-state index in [1.807, 2.05) is 0 Å². The van der Waals surface area contributed by atoms with Gasteiger partial charge in [-0.25, -0.2) is 0 Å². The van der Waals surface area contributed by atoms with Crippen molar-refractivity contribution >= 4 is 33.8 Å². The Bertz CT molecular complexity index is 264. The molecular formula is C6H3BrClNO. The zero-order valence-electron chi connectivity index (χ0n) is 4.84. The largest absolute Gasteiger partial charge is 0.296 e. The van der Waals surface area contributed by atoms with Crippen LogP contribution in [0.2, 0.25) is 5.02 Å². The van der Waals surface area contributed by atoms with Crippen LogP contribution in [0.25, 0.3) is 0 Å². The van der Waals surface area contributed by atoms with E-state index >= 15 is 0 Å². The Kier molecular flexibility index (Phi) is 2.40. The second-order valence-corrected chi connectivity index (χ2v) is 2.90. The van der Waals surface area contributed by atoms with Gasteiger partial charge in [0.25, 0.3) is 0 Å². The monoisotopic (exact) mass is 219 g/mol. The first-order valence-electron chi connectivity index (χ1n) is 2.50. The average molecular weight is 220 g/mol. The summed E-state index contributed by atoms with van der Waals surface area (Å²) in [6.07, 6.45) is 2.09. The summed E-state index contributed by atoms with van der Waals surface area (Å²) in [5.41, 5.74) is 0.372. The minimum absolute atomic E-state index is 0.372. The van der Waals surface area contributed by atoms with Crippen LogP contribution in [0.3, 0.4) is 0 Å². The average Bonchev–Trinajstić information content (AvgIpc) is 1.95. The van der Waals surface area contributed by atoms with Crippen molar-refractivity contribution in [1.29, 1.82) is 0 Å². The molecule has 0 saturated heterocycles. The molecule has 1 rings (SSSR count). The van der Waals surface area contributed by atoms with Gasteiger partial charge in [0.05, 0.1) is 5.02 Å². The minimum Gasteiger partial charge on any atom is -0.296 e. The highest BCUT2D eigenvalue weighted by atomic mass is 79.9. The van der Waals surface area contributed by atoms with Crippen molar-refractivity contribution in [1.82, 2.24) is 4.98 Å². The van der Waals surface area contributed by atoms with E-state index in [2.05, 4.69) is 20.9 Å². The minimum atomic E-state index is 0.372. The molecule has 0 saturated carbocycles. The molecule has 0 spiro atoms. The molecule has 0 unspecified atom stereocenters. The Balaban J connectivity index is 3.16. The normalized spacial score (nSPS) is 9.40. The van der Waals surface area contributed by atoms with Gasteiger partial charge in [-0.05, 0) is 22.0 Å². The highest BCUT2D eigenvalue weighted by Gasteiger charge is 1.97. The van der Waals surface area contributed by atoms with Gasteiger partial charge in [0.1, 0.15) is 5.69 Å². The lowest BCUT2D eigenvalue weighted by atomic mass is 10.4. The van der Waals surface area contributed by atoms with Crippen LogP contribution in [0.5, 0.6) is 0 Å². The molecule has 0 N–H and O–H groups in total. The van der Waals surface area contributed by atoms with Crippen LogP contribution >= 0.6 is 27.5 Å². The van der Waals surface area contributed by atoms with Crippen molar-refractivity contribution < 1.29 is 4.79 Å². The zero-order chi connectivity index (χ0) is 7.56. The van der Waals surface area contributed by atoms with Gasteiger partial charge in [0, 0.05) is 10.7 Å². The first kappa shape index (κ1) is 7.69. The van der Waals surface area contributed by atoms with E-state index in [4.69, 9.17) is 11.6 Å². The molecule has 0 fully saturated rings. The van der Waals surface area contributed by atoms with E-state index < -0.39 is 0 Å². The third-order valence-electron chi connectivity index (χ3n) is 0.950. The van der Waals surface area contributed by atoms with Crippen molar-refractivity contribution in [2.24, 2.45) is 0 Å². The van der Waals surface area contributed by atoms with Crippen molar-refractivity contribution in [3.8, 4) is 0 Å². The van der Waals surface area contributed by atoms with Crippen molar-refractivity contribution in [2.75, 3.05) is 0 Å². The topological polar surface area (TPSA) is 30.0 Å². The lowest BCUT2D eigenvalue weighted by molar-refractivity contribution is 0.111. The molecular weight excluding hydrogens is 217 g/mol. The van der Waals surface area contributed by atoms with Crippen molar-refractivity contribution in [3.63, 3.8) is 0 Å². The Morgan fingerprint density at radius 2 is 2.40 bits per heavy atom. The molecule has 4 heteroatoms. The Labute approximate surface area is 71.3 Å². The number of carbonyl (C=O) groups excluding carboxylic acids is 1. The maximum Gasteiger partial charge on any atom is 0.168 e. The molecule has 0 amide bonds. The lowest BCUT2D eigenvalue weighted by Gasteiger charge is -1.93. The number of aromatic nitrogens is 1. The predicted molar refractivity (Wildman–Crippen MR) is 42.3 cm³/mol. The molecule has 10 heavy (non-hydrogen) atoms. The van der Waals surface area contributed by atoms with Gasteiger partial charge in [-0.3, -0.25) is 9.78 Å². The number of carbonyl (C=O) groups is 1. The predicted octanol–water partition coefficient (Wildman–Crippen LogP) is 2.31. The summed E-state index contributed by atoms with van der Waals surface area (Å²) < 4.78 is 0.686. The van der Waals surface area contributed by atoms with Crippen LogP contribution in [-0.4, -0.2) is 11.3 Å². The number of halogens is 2. The summed E-state index contributed by atoms with van der Waals surface area (Å²) in [4.78, 5) is 13.9. The summed E-state index contributed by atoms with van der Waals surface area (Å²) in [7, 11) is 0. The number of pyridine rings is 1. The second-order valence-electron chi connectivity index (χ2n) is 1.64. The number of hydrogen-bond acceptors (Lipinski definition) is 2. The standard InChI is InChI=1S/C6H3BrClNO/c7-5-1-4(3-10)9-2-6(5)8/h1-3H. The molecule has 0 aliphatic heterocycles. The van der Waals surface area contributed by atoms with Gasteiger partial charge in [0.2, 0.25) is 0 Å². The molecule has 1 heterocycles. The first-order valence-corrected chi connectivity index (χ1v) is 3.67. The number of hydrogen-bond donors (Lipinski definition) is 0. The number of nitrogens with zero attached hydrogens (tertiary/aromatic N) is 1. The quantitative estimate of drug-likeness (QED) is 0.680. The Morgan fingerprint density at radius 1 is 1.70 bits per heavy atom. The third-order valence-corrected chi connectivity index (χ3v) is 2.14. The van der Waals surface area contributed by atoms with Crippen LogP contribution in [0.4, 0.5) is 0 Å². The van der Waals surface area contributed by atoms with Crippen molar-refractivity contribution in [3.05, 3.63) is 27.5 Å². The summed E-state index contributed by atoms with van der Waals surface area (Å²) >= 11 is 8.77.